The van der Waals surface area contributed by atoms with E-state index in [4.69, 9.17) is 9.15 Å². The van der Waals surface area contributed by atoms with Crippen molar-refractivity contribution in [1.29, 1.82) is 0 Å². The number of hydrogen-bond acceptors (Lipinski definition) is 3. The van der Waals surface area contributed by atoms with Crippen LogP contribution >= 0.6 is 0 Å². The average molecular weight is 141 g/mol. The van der Waals surface area contributed by atoms with Crippen LogP contribution in [-0.2, 0) is 6.42 Å². The lowest BCUT2D eigenvalue weighted by Gasteiger charge is -1.87. The second-order valence-electron chi connectivity index (χ2n) is 2.05. The number of aromatic nitrogens is 1. The first-order chi connectivity index (χ1) is 4.77. The maximum absolute atomic E-state index is 5.18. The highest BCUT2D eigenvalue weighted by Gasteiger charge is 2.05. The minimum Gasteiger partial charge on any atom is -0.454 e. The molecule has 0 atom stereocenters. The van der Waals surface area contributed by atoms with Gasteiger partial charge in [0, 0.05) is 6.42 Å². The molecule has 0 aliphatic carbocycles. The van der Waals surface area contributed by atoms with Crippen LogP contribution in [0.3, 0.4) is 0 Å². The van der Waals surface area contributed by atoms with Crippen molar-refractivity contribution in [3.63, 3.8) is 0 Å². The average Bonchev–Trinajstić information content (AvgIpc) is 2.30. The SMILES string of the molecule is CCc1oc(OC)nc1C. The molecule has 10 heavy (non-hydrogen) atoms. The predicted molar refractivity (Wildman–Crippen MR) is 37.2 cm³/mol. The van der Waals surface area contributed by atoms with Gasteiger partial charge in [-0.2, -0.15) is 4.98 Å². The highest BCUT2D eigenvalue weighted by atomic mass is 16.6. The molecule has 1 rings (SSSR count). The molecule has 0 saturated carbocycles. The van der Waals surface area contributed by atoms with E-state index in [0.29, 0.717) is 6.08 Å². The zero-order valence-corrected chi connectivity index (χ0v) is 6.47. The summed E-state index contributed by atoms with van der Waals surface area (Å²) in [6.45, 7) is 3.93. The third kappa shape index (κ3) is 1.12. The van der Waals surface area contributed by atoms with Crippen molar-refractivity contribution in [2.45, 2.75) is 20.3 Å². The Morgan fingerprint density at radius 3 is 2.60 bits per heavy atom. The minimum absolute atomic E-state index is 0.356. The summed E-state index contributed by atoms with van der Waals surface area (Å²) in [5, 5.41) is 0. The zero-order valence-electron chi connectivity index (χ0n) is 6.47. The summed E-state index contributed by atoms with van der Waals surface area (Å²) in [6, 6.07) is 0. The molecule has 3 nitrogen and oxygen atoms in total. The summed E-state index contributed by atoms with van der Waals surface area (Å²) in [7, 11) is 1.55. The molecule has 0 unspecified atom stereocenters. The number of aryl methyl sites for hydroxylation is 2. The van der Waals surface area contributed by atoms with E-state index in [1.807, 2.05) is 13.8 Å². The fourth-order valence-electron chi connectivity index (χ4n) is 0.817. The van der Waals surface area contributed by atoms with Gasteiger partial charge < -0.3 is 9.15 Å². The summed E-state index contributed by atoms with van der Waals surface area (Å²) in [5.41, 5.74) is 0.916. The van der Waals surface area contributed by atoms with Gasteiger partial charge in [-0.3, -0.25) is 0 Å². The summed E-state index contributed by atoms with van der Waals surface area (Å²) < 4.78 is 9.98. The Hall–Kier alpha value is -0.990. The van der Waals surface area contributed by atoms with Gasteiger partial charge in [-0.05, 0) is 6.92 Å². The van der Waals surface area contributed by atoms with E-state index in [1.165, 1.54) is 0 Å². The van der Waals surface area contributed by atoms with Gasteiger partial charge in [0.15, 0.2) is 0 Å². The van der Waals surface area contributed by atoms with Crippen LogP contribution in [0.2, 0.25) is 0 Å². The number of hydrogen-bond donors (Lipinski definition) is 0. The molecule has 1 aromatic heterocycles. The maximum atomic E-state index is 5.18. The first-order valence-electron chi connectivity index (χ1n) is 3.28. The maximum Gasteiger partial charge on any atom is 0.393 e. The van der Waals surface area contributed by atoms with E-state index in [2.05, 4.69) is 4.98 Å². The van der Waals surface area contributed by atoms with Crippen molar-refractivity contribution < 1.29 is 9.15 Å². The van der Waals surface area contributed by atoms with E-state index in [-0.39, 0.29) is 0 Å². The molecule has 3 heteroatoms. The molecule has 0 aliphatic rings. The van der Waals surface area contributed by atoms with Gasteiger partial charge in [-0.15, -0.1) is 0 Å². The van der Waals surface area contributed by atoms with E-state index >= 15 is 0 Å². The molecule has 0 radical (unpaired) electrons. The summed E-state index contributed by atoms with van der Waals surface area (Å²) >= 11 is 0. The van der Waals surface area contributed by atoms with Gasteiger partial charge in [0.2, 0.25) is 0 Å². The highest BCUT2D eigenvalue weighted by molar-refractivity contribution is 5.09. The third-order valence-electron chi connectivity index (χ3n) is 1.37. The minimum atomic E-state index is 0.356. The predicted octanol–water partition coefficient (Wildman–Crippen LogP) is 1.55. The first-order valence-corrected chi connectivity index (χ1v) is 3.28. The molecule has 0 aromatic carbocycles. The van der Waals surface area contributed by atoms with Crippen LogP contribution in [0.4, 0.5) is 0 Å². The van der Waals surface area contributed by atoms with Gasteiger partial charge in [0.05, 0.1) is 12.8 Å². The van der Waals surface area contributed by atoms with Gasteiger partial charge in [-0.1, -0.05) is 6.92 Å². The van der Waals surface area contributed by atoms with Crippen molar-refractivity contribution in [3.05, 3.63) is 11.5 Å². The molecule has 0 amide bonds. The molecule has 0 aliphatic heterocycles. The first kappa shape index (κ1) is 7.12. The molecule has 0 saturated heterocycles. The fraction of sp³-hybridized carbons (Fsp3) is 0.571. The van der Waals surface area contributed by atoms with Crippen LogP contribution in [0.15, 0.2) is 4.42 Å². The number of rotatable bonds is 2. The Morgan fingerprint density at radius 1 is 1.60 bits per heavy atom. The Balaban J connectivity index is 2.92. The smallest absolute Gasteiger partial charge is 0.393 e. The molecular formula is C7H11NO2. The van der Waals surface area contributed by atoms with Crippen LogP contribution in [-0.4, -0.2) is 12.1 Å². The second kappa shape index (κ2) is 2.73. The van der Waals surface area contributed by atoms with Crippen molar-refractivity contribution in [2.24, 2.45) is 0 Å². The van der Waals surface area contributed by atoms with Crippen LogP contribution in [0.1, 0.15) is 18.4 Å². The van der Waals surface area contributed by atoms with E-state index in [9.17, 15) is 0 Å². The van der Waals surface area contributed by atoms with Crippen LogP contribution < -0.4 is 4.74 Å². The number of nitrogens with zero attached hydrogens (tertiary/aromatic N) is 1. The van der Waals surface area contributed by atoms with Gasteiger partial charge >= 0.3 is 6.08 Å². The molecule has 56 valence electrons. The van der Waals surface area contributed by atoms with Crippen molar-refractivity contribution >= 4 is 0 Å². The molecule has 0 spiro atoms. The number of ether oxygens (including phenoxy) is 1. The molecule has 1 heterocycles. The Labute approximate surface area is 60.0 Å². The Morgan fingerprint density at radius 2 is 2.30 bits per heavy atom. The monoisotopic (exact) mass is 141 g/mol. The summed E-state index contributed by atoms with van der Waals surface area (Å²) in [5.74, 6) is 0.900. The van der Waals surface area contributed by atoms with E-state index < -0.39 is 0 Å². The number of oxazole rings is 1. The molecular weight excluding hydrogens is 130 g/mol. The van der Waals surface area contributed by atoms with Crippen molar-refractivity contribution in [1.82, 2.24) is 4.98 Å². The Bertz CT molecular complexity index is 217. The Kier molecular flexibility index (Phi) is 1.94. The lowest BCUT2D eigenvalue weighted by molar-refractivity contribution is 0.281. The molecule has 0 N–H and O–H groups in total. The standard InChI is InChI=1S/C7H11NO2/c1-4-6-5(2)8-7(9-3)10-6/h4H2,1-3H3. The van der Waals surface area contributed by atoms with E-state index in [0.717, 1.165) is 17.9 Å². The fourth-order valence-corrected chi connectivity index (χ4v) is 0.817. The summed E-state index contributed by atoms with van der Waals surface area (Å²) in [4.78, 5) is 4.01. The van der Waals surface area contributed by atoms with Gasteiger partial charge in [-0.25, -0.2) is 0 Å². The molecule has 0 bridgehead atoms. The van der Waals surface area contributed by atoms with Crippen molar-refractivity contribution in [3.8, 4) is 6.08 Å². The third-order valence-corrected chi connectivity index (χ3v) is 1.37. The van der Waals surface area contributed by atoms with Crippen molar-refractivity contribution in [2.75, 3.05) is 7.11 Å². The topological polar surface area (TPSA) is 35.3 Å². The van der Waals surface area contributed by atoms with E-state index in [1.54, 1.807) is 7.11 Å². The molecule has 0 fully saturated rings. The van der Waals surface area contributed by atoms with Crippen LogP contribution in [0.5, 0.6) is 6.08 Å². The largest absolute Gasteiger partial charge is 0.454 e. The zero-order chi connectivity index (χ0) is 7.56. The molecule has 1 aromatic rings. The lowest BCUT2D eigenvalue weighted by atomic mass is 10.3. The summed E-state index contributed by atoms with van der Waals surface area (Å²) in [6.07, 6.45) is 1.22. The van der Waals surface area contributed by atoms with Crippen LogP contribution in [0.25, 0.3) is 0 Å². The van der Waals surface area contributed by atoms with Crippen LogP contribution in [0, 0.1) is 6.92 Å². The van der Waals surface area contributed by atoms with Gasteiger partial charge in [0.25, 0.3) is 0 Å². The van der Waals surface area contributed by atoms with Gasteiger partial charge in [0.1, 0.15) is 5.76 Å². The highest BCUT2D eigenvalue weighted by Crippen LogP contribution is 2.15. The normalized spacial score (nSPS) is 9.90. The second-order valence-corrected chi connectivity index (χ2v) is 2.05. The number of methoxy groups -OCH3 is 1. The lowest BCUT2D eigenvalue weighted by Crippen LogP contribution is -1.80. The quantitative estimate of drug-likeness (QED) is 0.626.